The summed E-state index contributed by atoms with van der Waals surface area (Å²) in [5.41, 5.74) is 11.1. The molecule has 0 aliphatic rings. The van der Waals surface area contributed by atoms with Gasteiger partial charge in [0.2, 0.25) is 0 Å². The third-order valence-corrected chi connectivity index (χ3v) is 4.64. The number of rotatable bonds is 3. The van der Waals surface area contributed by atoms with Gasteiger partial charge in [0.05, 0.1) is 15.4 Å². The summed E-state index contributed by atoms with van der Waals surface area (Å²) in [6.45, 7) is 2.04. The lowest BCUT2D eigenvalue weighted by molar-refractivity contribution is 0.112. The fourth-order valence-electron chi connectivity index (χ4n) is 2.37. The Morgan fingerprint density at radius 2 is 1.62 bits per heavy atom. The summed E-state index contributed by atoms with van der Waals surface area (Å²) in [4.78, 5) is 13.0. The lowest BCUT2D eigenvalue weighted by atomic mass is 10.0. The molecule has 0 aliphatic carbocycles. The van der Waals surface area contributed by atoms with Crippen molar-refractivity contribution in [1.29, 1.82) is 0 Å². The Balaban J connectivity index is 2.19. The number of hydrogen-bond acceptors (Lipinski definition) is 3. The largest absolute Gasteiger partial charge is 0.397 e. The predicted octanol–water partition coefficient (Wildman–Crippen LogP) is 4.79. The molecule has 2 aromatic carbocycles. The van der Waals surface area contributed by atoms with Crippen molar-refractivity contribution in [3.63, 3.8) is 0 Å². The van der Waals surface area contributed by atoms with Crippen molar-refractivity contribution in [2.75, 3.05) is 5.73 Å². The van der Waals surface area contributed by atoms with Gasteiger partial charge in [-0.1, -0.05) is 60.2 Å². The first kappa shape index (κ1) is 13.6. The van der Waals surface area contributed by atoms with Gasteiger partial charge in [-0.05, 0) is 18.1 Å². The molecule has 3 rings (SSSR count). The molecule has 2 N–H and O–H groups in total. The zero-order valence-corrected chi connectivity index (χ0v) is 12.5. The van der Waals surface area contributed by atoms with Crippen LogP contribution in [0.15, 0.2) is 54.6 Å². The Morgan fingerprint density at radius 1 is 0.952 bits per heavy atom. The second kappa shape index (κ2) is 5.54. The standard InChI is InChI=1S/C18H15NOS/c1-12-7-9-13(10-8-12)16-15(11-20)21-18(17(16)19)14-5-3-2-4-6-14/h2-11H,19H2,1H3. The average Bonchev–Trinajstić information content (AvgIpc) is 2.86. The molecular formula is C18H15NOS. The minimum atomic E-state index is 0.676. The highest BCUT2D eigenvalue weighted by molar-refractivity contribution is 7.18. The number of anilines is 1. The smallest absolute Gasteiger partial charge is 0.160 e. The number of hydrogen-bond donors (Lipinski definition) is 1. The average molecular weight is 293 g/mol. The van der Waals surface area contributed by atoms with Crippen molar-refractivity contribution in [2.24, 2.45) is 0 Å². The Labute approximate surface area is 127 Å². The van der Waals surface area contributed by atoms with Crippen LogP contribution in [0.4, 0.5) is 5.69 Å². The number of thiophene rings is 1. The highest BCUT2D eigenvalue weighted by Gasteiger charge is 2.18. The van der Waals surface area contributed by atoms with Crippen LogP contribution in [0.5, 0.6) is 0 Å². The van der Waals surface area contributed by atoms with E-state index in [-0.39, 0.29) is 0 Å². The zero-order valence-electron chi connectivity index (χ0n) is 11.7. The second-order valence-electron chi connectivity index (χ2n) is 4.93. The van der Waals surface area contributed by atoms with Gasteiger partial charge in [-0.2, -0.15) is 0 Å². The van der Waals surface area contributed by atoms with Crippen LogP contribution < -0.4 is 5.73 Å². The van der Waals surface area contributed by atoms with Crippen LogP contribution in [0.25, 0.3) is 21.6 Å². The van der Waals surface area contributed by atoms with Gasteiger partial charge in [-0.3, -0.25) is 4.79 Å². The molecular weight excluding hydrogens is 278 g/mol. The normalized spacial score (nSPS) is 10.5. The lowest BCUT2D eigenvalue weighted by Crippen LogP contribution is -1.90. The first-order valence-electron chi connectivity index (χ1n) is 6.70. The number of nitrogen functional groups attached to an aromatic ring is 1. The van der Waals surface area contributed by atoms with Crippen LogP contribution >= 0.6 is 11.3 Å². The summed E-state index contributed by atoms with van der Waals surface area (Å²) in [7, 11) is 0. The second-order valence-corrected chi connectivity index (χ2v) is 5.99. The summed E-state index contributed by atoms with van der Waals surface area (Å²) in [6.07, 6.45) is 0.892. The van der Waals surface area contributed by atoms with Crippen LogP contribution in [0, 0.1) is 6.92 Å². The summed E-state index contributed by atoms with van der Waals surface area (Å²) in [5.74, 6) is 0. The maximum Gasteiger partial charge on any atom is 0.160 e. The van der Waals surface area contributed by atoms with Crippen LogP contribution in [0.3, 0.4) is 0 Å². The highest BCUT2D eigenvalue weighted by Crippen LogP contribution is 2.43. The molecule has 0 aliphatic heterocycles. The summed E-state index contributed by atoms with van der Waals surface area (Å²) in [6, 6.07) is 18.0. The number of nitrogens with two attached hydrogens (primary N) is 1. The van der Waals surface area contributed by atoms with Crippen LogP contribution in [0.1, 0.15) is 15.2 Å². The third-order valence-electron chi connectivity index (χ3n) is 3.46. The summed E-state index contributed by atoms with van der Waals surface area (Å²) < 4.78 is 0. The third kappa shape index (κ3) is 2.48. The van der Waals surface area contributed by atoms with Gasteiger partial charge in [0.15, 0.2) is 6.29 Å². The zero-order chi connectivity index (χ0) is 14.8. The molecule has 0 saturated carbocycles. The SMILES string of the molecule is Cc1ccc(-c2c(C=O)sc(-c3ccccc3)c2N)cc1. The van der Waals surface area contributed by atoms with E-state index in [4.69, 9.17) is 5.73 Å². The van der Waals surface area contributed by atoms with Crippen molar-refractivity contribution in [1.82, 2.24) is 0 Å². The molecule has 2 nitrogen and oxygen atoms in total. The van der Waals surface area contributed by atoms with Crippen molar-refractivity contribution < 1.29 is 4.79 Å². The van der Waals surface area contributed by atoms with Gasteiger partial charge in [0.25, 0.3) is 0 Å². The molecule has 0 unspecified atom stereocenters. The van der Waals surface area contributed by atoms with E-state index in [1.54, 1.807) is 0 Å². The van der Waals surface area contributed by atoms with Crippen molar-refractivity contribution in [2.45, 2.75) is 6.92 Å². The molecule has 1 heterocycles. The first-order chi connectivity index (χ1) is 10.2. The first-order valence-corrected chi connectivity index (χ1v) is 7.52. The van der Waals surface area contributed by atoms with E-state index in [2.05, 4.69) is 0 Å². The number of carbonyl (C=O) groups is 1. The van der Waals surface area contributed by atoms with Crippen molar-refractivity contribution in [3.05, 3.63) is 65.0 Å². The fraction of sp³-hybridized carbons (Fsp3) is 0.0556. The maximum atomic E-state index is 11.4. The van der Waals surface area contributed by atoms with Gasteiger partial charge < -0.3 is 5.73 Å². The molecule has 0 saturated heterocycles. The van der Waals surface area contributed by atoms with E-state index < -0.39 is 0 Å². The molecule has 21 heavy (non-hydrogen) atoms. The number of carbonyl (C=O) groups excluding carboxylic acids is 1. The maximum absolute atomic E-state index is 11.4. The minimum Gasteiger partial charge on any atom is -0.397 e. The van der Waals surface area contributed by atoms with Crippen molar-refractivity contribution >= 4 is 23.3 Å². The Kier molecular flexibility index (Phi) is 3.59. The molecule has 3 heteroatoms. The lowest BCUT2D eigenvalue weighted by Gasteiger charge is -2.04. The monoisotopic (exact) mass is 293 g/mol. The molecule has 0 fully saturated rings. The van der Waals surface area contributed by atoms with E-state index in [0.29, 0.717) is 10.6 Å². The molecule has 104 valence electrons. The Hall–Kier alpha value is -2.39. The quantitative estimate of drug-likeness (QED) is 0.706. The van der Waals surface area contributed by atoms with E-state index in [1.165, 1.54) is 16.9 Å². The van der Waals surface area contributed by atoms with Gasteiger partial charge in [-0.15, -0.1) is 11.3 Å². The molecule has 0 radical (unpaired) electrons. The van der Waals surface area contributed by atoms with Gasteiger partial charge in [0, 0.05) is 5.56 Å². The van der Waals surface area contributed by atoms with E-state index in [9.17, 15) is 4.79 Å². The van der Waals surface area contributed by atoms with Gasteiger partial charge >= 0.3 is 0 Å². The topological polar surface area (TPSA) is 43.1 Å². The number of benzene rings is 2. The minimum absolute atomic E-state index is 0.676. The van der Waals surface area contributed by atoms with E-state index >= 15 is 0 Å². The number of aldehydes is 1. The summed E-state index contributed by atoms with van der Waals surface area (Å²) >= 11 is 1.45. The van der Waals surface area contributed by atoms with Gasteiger partial charge in [0.1, 0.15) is 0 Å². The van der Waals surface area contributed by atoms with Crippen LogP contribution in [-0.4, -0.2) is 6.29 Å². The van der Waals surface area contributed by atoms with Crippen LogP contribution in [-0.2, 0) is 0 Å². The molecule has 0 amide bonds. The van der Waals surface area contributed by atoms with Crippen molar-refractivity contribution in [3.8, 4) is 21.6 Å². The Morgan fingerprint density at radius 3 is 2.24 bits per heavy atom. The molecule has 0 spiro atoms. The molecule has 0 bridgehead atoms. The van der Waals surface area contributed by atoms with Crippen LogP contribution in [0.2, 0.25) is 0 Å². The number of aryl methyl sites for hydroxylation is 1. The van der Waals surface area contributed by atoms with E-state index in [0.717, 1.165) is 27.9 Å². The summed E-state index contributed by atoms with van der Waals surface area (Å²) in [5, 5.41) is 0. The molecule has 1 aromatic heterocycles. The highest BCUT2D eigenvalue weighted by atomic mass is 32.1. The predicted molar refractivity (Wildman–Crippen MR) is 89.7 cm³/mol. The van der Waals surface area contributed by atoms with E-state index in [1.807, 2.05) is 61.5 Å². The molecule has 3 aromatic rings. The fourth-order valence-corrected chi connectivity index (χ4v) is 3.43. The Bertz CT molecular complexity index is 773. The molecule has 0 atom stereocenters. The van der Waals surface area contributed by atoms with Gasteiger partial charge in [-0.25, -0.2) is 0 Å².